The summed E-state index contributed by atoms with van der Waals surface area (Å²) in [5.74, 6) is -3.09. The average Bonchev–Trinajstić information content (AvgIpc) is 2.37. The molecule has 7 heteroatoms. The number of hydrogen-bond donors (Lipinski definition) is 2. The maximum absolute atomic E-state index is 13.8. The molecule has 4 nitrogen and oxygen atoms in total. The molecule has 0 unspecified atom stereocenters. The molecule has 0 saturated carbocycles. The number of nitrogens with one attached hydrogen (secondary N) is 1. The minimum atomic E-state index is -3.09. The van der Waals surface area contributed by atoms with Crippen LogP contribution in [0.25, 0.3) is 0 Å². The van der Waals surface area contributed by atoms with Gasteiger partial charge in [0.25, 0.3) is 5.92 Å². The van der Waals surface area contributed by atoms with E-state index in [1.165, 1.54) is 25.3 Å². The van der Waals surface area contributed by atoms with Gasteiger partial charge in [-0.25, -0.2) is 0 Å². The predicted molar refractivity (Wildman–Crippen MR) is 80.2 cm³/mol. The highest BCUT2D eigenvalue weighted by Gasteiger charge is 2.33. The number of benzene rings is 1. The predicted octanol–water partition coefficient (Wildman–Crippen LogP) is 2.43. The van der Waals surface area contributed by atoms with Gasteiger partial charge in [-0.3, -0.25) is 0 Å². The van der Waals surface area contributed by atoms with E-state index in [0.717, 1.165) is 0 Å². The fourth-order valence-electron chi connectivity index (χ4n) is 1.58. The lowest BCUT2D eigenvalue weighted by molar-refractivity contribution is -0.0698. The SMILES string of the molecule is COCC(F)(F)c1cccc([C@@H](N)N[S@+]([O-])C(C)(C)C)c1. The summed E-state index contributed by atoms with van der Waals surface area (Å²) in [5, 5.41) is 0. The molecular weight excluding hydrogens is 298 g/mol. The summed E-state index contributed by atoms with van der Waals surface area (Å²) in [4.78, 5) is 0. The summed E-state index contributed by atoms with van der Waals surface area (Å²) < 4.78 is 46.3. The first kappa shape index (κ1) is 18.3. The minimum Gasteiger partial charge on any atom is -0.598 e. The third kappa shape index (κ3) is 5.19. The Kier molecular flexibility index (Phi) is 6.12. The fourth-order valence-corrected chi connectivity index (χ4v) is 2.30. The largest absolute Gasteiger partial charge is 0.598 e. The molecule has 0 saturated heterocycles. The number of methoxy groups -OCH3 is 1. The summed E-state index contributed by atoms with van der Waals surface area (Å²) in [7, 11) is 1.22. The molecule has 0 fully saturated rings. The molecule has 1 aromatic carbocycles. The van der Waals surface area contributed by atoms with Gasteiger partial charge in [-0.1, -0.05) is 18.2 Å². The Labute approximate surface area is 127 Å². The van der Waals surface area contributed by atoms with Crippen LogP contribution in [0.15, 0.2) is 24.3 Å². The van der Waals surface area contributed by atoms with E-state index < -0.39 is 34.8 Å². The second-order valence-electron chi connectivity index (χ2n) is 5.74. The molecule has 0 bridgehead atoms. The molecule has 1 rings (SSSR count). The topological polar surface area (TPSA) is 70.3 Å². The van der Waals surface area contributed by atoms with E-state index in [-0.39, 0.29) is 5.56 Å². The Hall–Kier alpha value is -0.730. The van der Waals surface area contributed by atoms with E-state index >= 15 is 0 Å². The second-order valence-corrected chi connectivity index (χ2v) is 7.74. The van der Waals surface area contributed by atoms with Crippen molar-refractivity contribution in [2.24, 2.45) is 5.73 Å². The third-order valence-corrected chi connectivity index (χ3v) is 4.36. The highest BCUT2D eigenvalue weighted by molar-refractivity contribution is 7.90. The highest BCUT2D eigenvalue weighted by atomic mass is 32.2. The monoisotopic (exact) mass is 320 g/mol. The molecule has 0 aliphatic carbocycles. The summed E-state index contributed by atoms with van der Waals surface area (Å²) in [6.45, 7) is 4.69. The highest BCUT2D eigenvalue weighted by Crippen LogP contribution is 2.29. The van der Waals surface area contributed by atoms with Gasteiger partial charge in [0.15, 0.2) is 0 Å². The molecule has 0 aliphatic heterocycles. The van der Waals surface area contributed by atoms with Crippen LogP contribution in [-0.2, 0) is 22.0 Å². The van der Waals surface area contributed by atoms with E-state index in [1.807, 2.05) is 0 Å². The molecule has 0 amide bonds. The maximum atomic E-state index is 13.8. The zero-order valence-corrected chi connectivity index (χ0v) is 13.5. The lowest BCUT2D eigenvalue weighted by Gasteiger charge is -2.26. The van der Waals surface area contributed by atoms with Gasteiger partial charge in [0.2, 0.25) is 0 Å². The maximum Gasteiger partial charge on any atom is 0.296 e. The third-order valence-electron chi connectivity index (χ3n) is 2.78. The van der Waals surface area contributed by atoms with E-state index in [9.17, 15) is 13.3 Å². The number of nitrogens with two attached hydrogens (primary N) is 1. The van der Waals surface area contributed by atoms with Crippen LogP contribution in [0.2, 0.25) is 0 Å². The molecule has 0 aliphatic rings. The molecule has 0 heterocycles. The van der Waals surface area contributed by atoms with Gasteiger partial charge in [0, 0.05) is 24.0 Å². The Balaban J connectivity index is 2.90. The van der Waals surface area contributed by atoms with Crippen LogP contribution in [-0.4, -0.2) is 23.0 Å². The molecule has 21 heavy (non-hydrogen) atoms. The van der Waals surface area contributed by atoms with Crippen molar-refractivity contribution in [1.82, 2.24) is 4.72 Å². The van der Waals surface area contributed by atoms with Crippen molar-refractivity contribution >= 4 is 11.4 Å². The zero-order chi connectivity index (χ0) is 16.3. The average molecular weight is 320 g/mol. The fraction of sp³-hybridized carbons (Fsp3) is 0.571. The Morgan fingerprint density at radius 1 is 1.38 bits per heavy atom. The van der Waals surface area contributed by atoms with Gasteiger partial charge < -0.3 is 15.0 Å². The van der Waals surface area contributed by atoms with Crippen LogP contribution < -0.4 is 10.5 Å². The van der Waals surface area contributed by atoms with Crippen molar-refractivity contribution in [3.8, 4) is 0 Å². The quantitative estimate of drug-likeness (QED) is 0.624. The lowest BCUT2D eigenvalue weighted by atomic mass is 10.0. The summed E-state index contributed by atoms with van der Waals surface area (Å²) in [5.41, 5.74) is 6.16. The Morgan fingerprint density at radius 2 is 2.00 bits per heavy atom. The number of ether oxygens (including phenoxy) is 1. The summed E-state index contributed by atoms with van der Waals surface area (Å²) in [6, 6.07) is 5.73. The van der Waals surface area contributed by atoms with E-state index in [4.69, 9.17) is 5.73 Å². The molecule has 120 valence electrons. The summed E-state index contributed by atoms with van der Waals surface area (Å²) in [6.07, 6.45) is -0.789. The number of rotatable bonds is 6. The van der Waals surface area contributed by atoms with Crippen LogP contribution >= 0.6 is 0 Å². The Morgan fingerprint density at radius 3 is 2.52 bits per heavy atom. The van der Waals surface area contributed by atoms with Crippen molar-refractivity contribution < 1.29 is 18.1 Å². The molecule has 0 radical (unpaired) electrons. The first-order chi connectivity index (χ1) is 9.58. The Bertz CT molecular complexity index is 467. The first-order valence-electron chi connectivity index (χ1n) is 6.49. The van der Waals surface area contributed by atoms with Crippen molar-refractivity contribution in [3.63, 3.8) is 0 Å². The standard InChI is InChI=1S/C14H22F2N2O2S/c1-13(2,3)21(19)18-12(17)10-6-5-7-11(8-10)14(15,16)9-20-4/h5-8,12,18H,9,17H2,1-4H3/t12-,21+/m0/s1. The normalized spacial score (nSPS) is 15.8. The van der Waals surface area contributed by atoms with E-state index in [0.29, 0.717) is 5.56 Å². The molecular formula is C14H22F2N2O2S. The van der Waals surface area contributed by atoms with Crippen LogP contribution in [0.1, 0.15) is 38.1 Å². The molecule has 1 aromatic rings. The number of hydrogen-bond acceptors (Lipinski definition) is 4. The first-order valence-corrected chi connectivity index (χ1v) is 7.64. The smallest absolute Gasteiger partial charge is 0.296 e. The molecule has 3 N–H and O–H groups in total. The van der Waals surface area contributed by atoms with Gasteiger partial charge in [0.05, 0.1) is 0 Å². The second kappa shape index (κ2) is 7.02. The van der Waals surface area contributed by atoms with Gasteiger partial charge >= 0.3 is 0 Å². The van der Waals surface area contributed by atoms with Crippen LogP contribution in [0.5, 0.6) is 0 Å². The number of alkyl halides is 2. The van der Waals surface area contributed by atoms with Gasteiger partial charge in [-0.15, -0.1) is 4.72 Å². The van der Waals surface area contributed by atoms with E-state index in [1.54, 1.807) is 26.8 Å². The van der Waals surface area contributed by atoms with Crippen LogP contribution in [0, 0.1) is 0 Å². The minimum absolute atomic E-state index is 0.180. The molecule has 0 aromatic heterocycles. The zero-order valence-electron chi connectivity index (χ0n) is 12.7. The van der Waals surface area contributed by atoms with Crippen molar-refractivity contribution in [1.29, 1.82) is 0 Å². The summed E-state index contributed by atoms with van der Waals surface area (Å²) >= 11 is -1.39. The van der Waals surface area contributed by atoms with E-state index in [2.05, 4.69) is 9.46 Å². The van der Waals surface area contributed by atoms with Crippen molar-refractivity contribution in [2.45, 2.75) is 37.6 Å². The van der Waals surface area contributed by atoms with Crippen molar-refractivity contribution in [2.75, 3.05) is 13.7 Å². The van der Waals surface area contributed by atoms with Crippen LogP contribution in [0.4, 0.5) is 8.78 Å². The molecule has 2 atom stereocenters. The van der Waals surface area contributed by atoms with Gasteiger partial charge in [0.1, 0.15) is 17.5 Å². The van der Waals surface area contributed by atoms with Gasteiger partial charge in [-0.05, 0) is 32.4 Å². The van der Waals surface area contributed by atoms with Gasteiger partial charge in [-0.2, -0.15) is 8.78 Å². The van der Waals surface area contributed by atoms with Crippen molar-refractivity contribution in [3.05, 3.63) is 35.4 Å². The molecule has 0 spiro atoms. The number of halogens is 2. The van der Waals surface area contributed by atoms with Crippen LogP contribution in [0.3, 0.4) is 0 Å². The lowest BCUT2D eigenvalue weighted by Crippen LogP contribution is -2.43.